The molecular formula is C8H10Cl4O4. The van der Waals surface area contributed by atoms with E-state index < -0.39 is 27.6 Å². The van der Waals surface area contributed by atoms with Crippen LogP contribution < -0.4 is 0 Å². The van der Waals surface area contributed by atoms with Gasteiger partial charge in [0.15, 0.2) is 4.87 Å². The molecule has 4 nitrogen and oxygen atoms in total. The molecule has 0 aliphatic heterocycles. The van der Waals surface area contributed by atoms with Gasteiger partial charge < -0.3 is 9.47 Å². The van der Waals surface area contributed by atoms with Crippen molar-refractivity contribution in [2.24, 2.45) is 0 Å². The second-order valence-corrected chi connectivity index (χ2v) is 5.44. The van der Waals surface area contributed by atoms with Crippen molar-refractivity contribution < 1.29 is 19.1 Å². The van der Waals surface area contributed by atoms with Gasteiger partial charge in [-0.2, -0.15) is 0 Å². The molecule has 0 radical (unpaired) electrons. The lowest BCUT2D eigenvalue weighted by Crippen LogP contribution is -2.44. The fraction of sp³-hybridized carbons (Fsp3) is 0.750. The van der Waals surface area contributed by atoms with Gasteiger partial charge in [-0.15, -0.1) is 23.2 Å². The fourth-order valence-electron chi connectivity index (χ4n) is 0.930. The van der Waals surface area contributed by atoms with Gasteiger partial charge in [-0.3, -0.25) is 4.79 Å². The van der Waals surface area contributed by atoms with Gasteiger partial charge in [0.1, 0.15) is 0 Å². The van der Waals surface area contributed by atoms with Gasteiger partial charge in [0.25, 0.3) is 0 Å². The first-order valence-corrected chi connectivity index (χ1v) is 5.70. The molecule has 0 amide bonds. The summed E-state index contributed by atoms with van der Waals surface area (Å²) in [5.74, 6) is -2.05. The van der Waals surface area contributed by atoms with E-state index >= 15 is 0 Å². The SMILES string of the molecule is COC(=O)C(Cl)(Cl)CC(Cl)(CCl)C(=O)OC. The lowest BCUT2D eigenvalue weighted by atomic mass is 10.0. The van der Waals surface area contributed by atoms with Gasteiger partial charge in [0, 0.05) is 6.42 Å². The van der Waals surface area contributed by atoms with Crippen LogP contribution in [0.2, 0.25) is 0 Å². The van der Waals surface area contributed by atoms with Crippen LogP contribution in [0.1, 0.15) is 6.42 Å². The molecule has 0 saturated carbocycles. The highest BCUT2D eigenvalue weighted by atomic mass is 35.5. The van der Waals surface area contributed by atoms with E-state index in [2.05, 4.69) is 9.47 Å². The van der Waals surface area contributed by atoms with E-state index in [0.29, 0.717) is 0 Å². The minimum absolute atomic E-state index is 0.306. The number of halogens is 4. The third-order valence-corrected chi connectivity index (χ3v) is 3.34. The van der Waals surface area contributed by atoms with Gasteiger partial charge in [-0.25, -0.2) is 4.79 Å². The highest BCUT2D eigenvalue weighted by molar-refractivity contribution is 6.58. The number of methoxy groups -OCH3 is 2. The average molecular weight is 312 g/mol. The molecule has 0 aromatic rings. The predicted molar refractivity (Wildman–Crippen MR) is 62.4 cm³/mol. The van der Waals surface area contributed by atoms with E-state index in [-0.39, 0.29) is 5.88 Å². The Balaban J connectivity index is 4.91. The number of hydrogen-bond donors (Lipinski definition) is 0. The summed E-state index contributed by atoms with van der Waals surface area (Å²) in [4.78, 5) is 20.9. The molecule has 0 bridgehead atoms. The molecule has 0 aromatic carbocycles. The van der Waals surface area contributed by atoms with Gasteiger partial charge in [-0.1, -0.05) is 23.2 Å². The molecule has 8 heteroatoms. The van der Waals surface area contributed by atoms with Gasteiger partial charge in [0.05, 0.1) is 20.1 Å². The lowest BCUT2D eigenvalue weighted by molar-refractivity contribution is -0.145. The maximum Gasteiger partial charge on any atom is 0.342 e. The van der Waals surface area contributed by atoms with Crippen LogP contribution in [0.4, 0.5) is 0 Å². The highest BCUT2D eigenvalue weighted by Gasteiger charge is 2.48. The largest absolute Gasteiger partial charge is 0.468 e. The maximum atomic E-state index is 11.3. The fourth-order valence-corrected chi connectivity index (χ4v) is 2.16. The van der Waals surface area contributed by atoms with Crippen LogP contribution in [0.15, 0.2) is 0 Å². The smallest absolute Gasteiger partial charge is 0.342 e. The predicted octanol–water partition coefficient (Wildman–Crippen LogP) is 2.11. The summed E-state index contributed by atoms with van der Waals surface area (Å²) in [6.45, 7) is 0. The van der Waals surface area contributed by atoms with Crippen molar-refractivity contribution in [2.75, 3.05) is 20.1 Å². The number of carbonyl (C=O) groups excluding carboxylic acids is 2. The van der Waals surface area contributed by atoms with Crippen molar-refractivity contribution in [3.8, 4) is 0 Å². The van der Waals surface area contributed by atoms with E-state index in [1.807, 2.05) is 0 Å². The number of alkyl halides is 4. The van der Waals surface area contributed by atoms with Gasteiger partial charge in [-0.05, 0) is 0 Å². The molecule has 0 fully saturated rings. The Kier molecular flexibility index (Phi) is 6.18. The topological polar surface area (TPSA) is 52.6 Å². The van der Waals surface area contributed by atoms with Crippen molar-refractivity contribution in [1.29, 1.82) is 0 Å². The van der Waals surface area contributed by atoms with Crippen molar-refractivity contribution in [1.82, 2.24) is 0 Å². The summed E-state index contributed by atoms with van der Waals surface area (Å²) >= 11 is 22.8. The summed E-state index contributed by atoms with van der Waals surface area (Å²) in [5.41, 5.74) is 0. The van der Waals surface area contributed by atoms with E-state index in [1.54, 1.807) is 0 Å². The van der Waals surface area contributed by atoms with Crippen LogP contribution in [-0.2, 0) is 19.1 Å². The molecule has 1 unspecified atom stereocenters. The van der Waals surface area contributed by atoms with E-state index in [9.17, 15) is 9.59 Å². The molecule has 0 saturated heterocycles. The van der Waals surface area contributed by atoms with Crippen LogP contribution in [0.25, 0.3) is 0 Å². The Bertz CT molecular complexity index is 281. The normalized spacial score (nSPS) is 15.1. The third-order valence-electron chi connectivity index (χ3n) is 1.75. The summed E-state index contributed by atoms with van der Waals surface area (Å²) in [5, 5.41) is 0. The van der Waals surface area contributed by atoms with Crippen molar-refractivity contribution in [2.45, 2.75) is 15.6 Å². The molecule has 1 atom stereocenters. The summed E-state index contributed by atoms with van der Waals surface area (Å²) in [6.07, 6.45) is -0.423. The second kappa shape index (κ2) is 6.15. The highest BCUT2D eigenvalue weighted by Crippen LogP contribution is 2.37. The van der Waals surface area contributed by atoms with E-state index in [1.165, 1.54) is 0 Å². The van der Waals surface area contributed by atoms with E-state index in [0.717, 1.165) is 14.2 Å². The minimum Gasteiger partial charge on any atom is -0.468 e. The van der Waals surface area contributed by atoms with Crippen molar-refractivity contribution in [3.05, 3.63) is 0 Å². The first-order valence-electron chi connectivity index (χ1n) is 4.03. The standard InChI is InChI=1S/C8H10Cl4O4/c1-15-5(13)7(10,4-9)3-8(11,12)6(14)16-2/h3-4H2,1-2H3. The first kappa shape index (κ1) is 16.1. The Labute approximate surface area is 113 Å². The quantitative estimate of drug-likeness (QED) is 0.576. The third kappa shape index (κ3) is 3.84. The van der Waals surface area contributed by atoms with Crippen LogP contribution in [0.3, 0.4) is 0 Å². The van der Waals surface area contributed by atoms with Crippen LogP contribution >= 0.6 is 46.4 Å². The zero-order valence-electron chi connectivity index (χ0n) is 8.56. The number of carbonyl (C=O) groups is 2. The molecule has 0 spiro atoms. The molecule has 94 valence electrons. The molecule has 0 heterocycles. The number of ether oxygens (including phenoxy) is 2. The Morgan fingerprint density at radius 2 is 1.50 bits per heavy atom. The summed E-state index contributed by atoms with van der Waals surface area (Å²) in [6, 6.07) is 0. The first-order chi connectivity index (χ1) is 7.23. The zero-order valence-corrected chi connectivity index (χ0v) is 11.6. The maximum absolute atomic E-state index is 11.3. The van der Waals surface area contributed by atoms with Crippen LogP contribution in [0, 0.1) is 0 Å². The Morgan fingerprint density at radius 3 is 1.81 bits per heavy atom. The molecule has 0 aliphatic rings. The van der Waals surface area contributed by atoms with Gasteiger partial charge in [0.2, 0.25) is 4.33 Å². The van der Waals surface area contributed by atoms with Crippen LogP contribution in [0.5, 0.6) is 0 Å². The van der Waals surface area contributed by atoms with E-state index in [4.69, 9.17) is 46.4 Å². The summed E-state index contributed by atoms with van der Waals surface area (Å²) < 4.78 is 6.84. The minimum atomic E-state index is -1.96. The monoisotopic (exact) mass is 310 g/mol. The molecular weight excluding hydrogens is 302 g/mol. The van der Waals surface area contributed by atoms with Crippen LogP contribution in [-0.4, -0.2) is 41.2 Å². The van der Waals surface area contributed by atoms with Crippen molar-refractivity contribution in [3.63, 3.8) is 0 Å². The molecule has 0 aliphatic carbocycles. The lowest BCUT2D eigenvalue weighted by Gasteiger charge is -2.27. The molecule has 0 rings (SSSR count). The molecule has 16 heavy (non-hydrogen) atoms. The molecule has 0 N–H and O–H groups in total. The Morgan fingerprint density at radius 1 is 1.06 bits per heavy atom. The average Bonchev–Trinajstić information content (AvgIpc) is 2.25. The summed E-state index contributed by atoms with van der Waals surface area (Å²) in [7, 11) is 2.24. The zero-order chi connectivity index (χ0) is 13.0. The molecule has 0 aromatic heterocycles. The number of esters is 2. The van der Waals surface area contributed by atoms with Gasteiger partial charge >= 0.3 is 11.9 Å². The Hall–Kier alpha value is 0.1000. The second-order valence-electron chi connectivity index (χ2n) is 2.96. The van der Waals surface area contributed by atoms with Crippen molar-refractivity contribution >= 4 is 58.3 Å². The number of hydrogen-bond acceptors (Lipinski definition) is 4. The number of rotatable bonds is 5.